The van der Waals surface area contributed by atoms with Crippen molar-refractivity contribution in [1.29, 1.82) is 0 Å². The van der Waals surface area contributed by atoms with Crippen LogP contribution in [0.4, 0.5) is 15.6 Å². The molecule has 2 aromatic rings. The number of amides is 2. The average Bonchev–Trinajstić information content (AvgIpc) is 2.74. The fourth-order valence-corrected chi connectivity index (χ4v) is 2.82. The van der Waals surface area contributed by atoms with Crippen LogP contribution in [0.1, 0.15) is 14.8 Å². The molecule has 2 rings (SSSR count). The maximum absolute atomic E-state index is 11.7. The van der Waals surface area contributed by atoms with Crippen LogP contribution in [0.3, 0.4) is 0 Å². The van der Waals surface area contributed by atoms with Gasteiger partial charge in [-0.15, -0.1) is 21.5 Å². The monoisotopic (exact) mass is 268 g/mol. The Morgan fingerprint density at radius 3 is 2.47 bits per heavy atom. The van der Waals surface area contributed by atoms with Gasteiger partial charge in [0.15, 0.2) is 0 Å². The Morgan fingerprint density at radius 2 is 1.94 bits per heavy atom. The van der Waals surface area contributed by atoms with Crippen LogP contribution in [-0.2, 0) is 0 Å². The second kappa shape index (κ2) is 4.80. The molecule has 2 heterocycles. The van der Waals surface area contributed by atoms with E-state index in [4.69, 9.17) is 0 Å². The smallest absolute Gasteiger partial charge is 0.307 e. The summed E-state index contributed by atoms with van der Waals surface area (Å²) in [6.45, 7) is 5.82. The Bertz CT molecular complexity index is 546. The van der Waals surface area contributed by atoms with Gasteiger partial charge >= 0.3 is 6.03 Å². The van der Waals surface area contributed by atoms with Gasteiger partial charge in [-0.3, -0.25) is 5.32 Å². The predicted octanol–water partition coefficient (Wildman–Crippen LogP) is 3.17. The fourth-order valence-electron chi connectivity index (χ4n) is 1.35. The van der Waals surface area contributed by atoms with E-state index in [9.17, 15) is 4.79 Å². The molecule has 0 aliphatic rings. The van der Waals surface area contributed by atoms with E-state index in [0.29, 0.717) is 5.13 Å². The first-order valence-electron chi connectivity index (χ1n) is 5.00. The molecule has 0 aliphatic carbocycles. The summed E-state index contributed by atoms with van der Waals surface area (Å²) in [6.07, 6.45) is 0. The Hall–Kier alpha value is -1.47. The summed E-state index contributed by atoms with van der Waals surface area (Å²) >= 11 is 3.00. The van der Waals surface area contributed by atoms with Crippen LogP contribution in [0.15, 0.2) is 6.07 Å². The number of rotatable bonds is 2. The molecule has 0 unspecified atom stereocenters. The molecule has 90 valence electrons. The van der Waals surface area contributed by atoms with Crippen molar-refractivity contribution < 1.29 is 4.79 Å². The number of nitrogens with zero attached hydrogens (tertiary/aromatic N) is 2. The lowest BCUT2D eigenvalue weighted by Crippen LogP contribution is -2.19. The third-order valence-corrected chi connectivity index (χ3v) is 3.76. The van der Waals surface area contributed by atoms with Crippen LogP contribution in [0, 0.1) is 20.8 Å². The molecule has 17 heavy (non-hydrogen) atoms. The molecule has 0 atom stereocenters. The number of urea groups is 1. The second-order valence-electron chi connectivity index (χ2n) is 3.53. The van der Waals surface area contributed by atoms with Gasteiger partial charge in [0.1, 0.15) is 5.01 Å². The van der Waals surface area contributed by atoms with Crippen molar-refractivity contribution in [2.24, 2.45) is 0 Å². The van der Waals surface area contributed by atoms with Crippen LogP contribution in [-0.4, -0.2) is 16.2 Å². The zero-order valence-corrected chi connectivity index (χ0v) is 11.3. The molecule has 0 fully saturated rings. The molecule has 0 aliphatic heterocycles. The highest BCUT2D eigenvalue weighted by Crippen LogP contribution is 2.25. The van der Waals surface area contributed by atoms with E-state index in [1.165, 1.54) is 16.2 Å². The molecule has 0 saturated carbocycles. The first-order chi connectivity index (χ1) is 8.04. The molecule has 2 amide bonds. The quantitative estimate of drug-likeness (QED) is 0.879. The fraction of sp³-hybridized carbons (Fsp3) is 0.300. The molecule has 5 nitrogen and oxygen atoms in total. The number of hydrogen-bond donors (Lipinski definition) is 2. The molecule has 0 aromatic carbocycles. The van der Waals surface area contributed by atoms with Gasteiger partial charge in [-0.05, 0) is 26.8 Å². The SMILES string of the molecule is Cc1cc(NC(=O)Nc2nnc(C)s2)c(C)s1. The lowest BCUT2D eigenvalue weighted by atomic mass is 10.4. The van der Waals surface area contributed by atoms with Gasteiger partial charge in [0, 0.05) is 9.75 Å². The molecular weight excluding hydrogens is 256 g/mol. The topological polar surface area (TPSA) is 66.9 Å². The van der Waals surface area contributed by atoms with Crippen molar-refractivity contribution in [2.45, 2.75) is 20.8 Å². The van der Waals surface area contributed by atoms with Crippen LogP contribution >= 0.6 is 22.7 Å². The van der Waals surface area contributed by atoms with E-state index in [1.807, 2.05) is 26.8 Å². The summed E-state index contributed by atoms with van der Waals surface area (Å²) in [5.41, 5.74) is 0.839. The van der Waals surface area contributed by atoms with E-state index in [0.717, 1.165) is 15.6 Å². The van der Waals surface area contributed by atoms with Crippen molar-refractivity contribution in [2.75, 3.05) is 10.6 Å². The average molecular weight is 268 g/mol. The standard InChI is InChI=1S/C10H12N4OS2/c1-5-4-8(6(2)16-5)11-9(15)12-10-14-13-7(3)17-10/h4H,1-3H3,(H2,11,12,14,15). The number of aromatic nitrogens is 2. The Morgan fingerprint density at radius 1 is 1.18 bits per heavy atom. The summed E-state index contributed by atoms with van der Waals surface area (Å²) in [5, 5.41) is 14.4. The number of aryl methyl sites for hydroxylation is 3. The van der Waals surface area contributed by atoms with Gasteiger partial charge in [-0.25, -0.2) is 4.79 Å². The Kier molecular flexibility index (Phi) is 3.39. The molecule has 2 N–H and O–H groups in total. The number of carbonyl (C=O) groups excluding carboxylic acids is 1. The third kappa shape index (κ3) is 3.01. The van der Waals surface area contributed by atoms with Crippen LogP contribution in [0.5, 0.6) is 0 Å². The molecule has 0 spiro atoms. The van der Waals surface area contributed by atoms with Gasteiger partial charge in [0.05, 0.1) is 5.69 Å². The van der Waals surface area contributed by atoms with Crippen molar-refractivity contribution in [3.63, 3.8) is 0 Å². The number of carbonyl (C=O) groups is 1. The molecule has 0 saturated heterocycles. The minimum Gasteiger partial charge on any atom is -0.307 e. The maximum atomic E-state index is 11.7. The summed E-state index contributed by atoms with van der Waals surface area (Å²) in [5.74, 6) is 0. The van der Waals surface area contributed by atoms with E-state index in [1.54, 1.807) is 11.3 Å². The minimum atomic E-state index is -0.290. The largest absolute Gasteiger partial charge is 0.325 e. The number of hydrogen-bond acceptors (Lipinski definition) is 5. The van der Waals surface area contributed by atoms with E-state index < -0.39 is 0 Å². The zero-order valence-electron chi connectivity index (χ0n) is 9.70. The summed E-state index contributed by atoms with van der Waals surface area (Å²) in [7, 11) is 0. The molecule has 0 bridgehead atoms. The minimum absolute atomic E-state index is 0.290. The van der Waals surface area contributed by atoms with E-state index >= 15 is 0 Å². The first-order valence-corrected chi connectivity index (χ1v) is 6.63. The lowest BCUT2D eigenvalue weighted by Gasteiger charge is -2.03. The molecule has 7 heteroatoms. The Balaban J connectivity index is 2.00. The summed E-state index contributed by atoms with van der Waals surface area (Å²) in [4.78, 5) is 13.9. The zero-order chi connectivity index (χ0) is 12.4. The van der Waals surface area contributed by atoms with Gasteiger partial charge in [0.2, 0.25) is 5.13 Å². The number of anilines is 2. The van der Waals surface area contributed by atoms with Gasteiger partial charge in [-0.2, -0.15) is 0 Å². The third-order valence-electron chi connectivity index (χ3n) is 2.04. The number of nitrogens with one attached hydrogen (secondary N) is 2. The van der Waals surface area contributed by atoms with Crippen molar-refractivity contribution in [1.82, 2.24) is 10.2 Å². The summed E-state index contributed by atoms with van der Waals surface area (Å²) < 4.78 is 0. The van der Waals surface area contributed by atoms with Crippen molar-refractivity contribution in [3.8, 4) is 0 Å². The highest BCUT2D eigenvalue weighted by Gasteiger charge is 2.09. The van der Waals surface area contributed by atoms with Gasteiger partial charge in [0.25, 0.3) is 0 Å². The maximum Gasteiger partial charge on any atom is 0.325 e. The number of thiophene rings is 1. The molecular formula is C10H12N4OS2. The van der Waals surface area contributed by atoms with Crippen LogP contribution in [0.25, 0.3) is 0 Å². The first kappa shape index (κ1) is 12.0. The van der Waals surface area contributed by atoms with E-state index in [2.05, 4.69) is 20.8 Å². The van der Waals surface area contributed by atoms with Crippen LogP contribution in [0.2, 0.25) is 0 Å². The highest BCUT2D eigenvalue weighted by atomic mass is 32.1. The highest BCUT2D eigenvalue weighted by molar-refractivity contribution is 7.15. The molecule has 2 aromatic heterocycles. The normalized spacial score (nSPS) is 10.3. The Labute approximate surface area is 107 Å². The molecule has 0 radical (unpaired) electrons. The van der Waals surface area contributed by atoms with Crippen molar-refractivity contribution >= 4 is 39.5 Å². The van der Waals surface area contributed by atoms with Crippen LogP contribution < -0.4 is 10.6 Å². The van der Waals surface area contributed by atoms with Crippen molar-refractivity contribution in [3.05, 3.63) is 20.8 Å². The van der Waals surface area contributed by atoms with Gasteiger partial charge < -0.3 is 5.32 Å². The summed E-state index contributed by atoms with van der Waals surface area (Å²) in [6, 6.07) is 1.66. The second-order valence-corrected chi connectivity index (χ2v) is 6.17. The predicted molar refractivity (Wildman–Crippen MR) is 71.1 cm³/mol. The lowest BCUT2D eigenvalue weighted by molar-refractivity contribution is 0.262. The van der Waals surface area contributed by atoms with E-state index in [-0.39, 0.29) is 6.03 Å². The van der Waals surface area contributed by atoms with Gasteiger partial charge in [-0.1, -0.05) is 11.3 Å².